The summed E-state index contributed by atoms with van der Waals surface area (Å²) in [5.41, 5.74) is 11.1. The van der Waals surface area contributed by atoms with E-state index in [1.54, 1.807) is 0 Å². The lowest BCUT2D eigenvalue weighted by Gasteiger charge is -2.50. The molecule has 1 heteroatoms. The van der Waals surface area contributed by atoms with Crippen LogP contribution in [-0.4, -0.2) is 5.54 Å². The molecule has 1 fully saturated rings. The number of hydrogen-bond acceptors (Lipinski definition) is 1. The van der Waals surface area contributed by atoms with Crippen molar-refractivity contribution in [3.05, 3.63) is 132 Å². The first-order valence-corrected chi connectivity index (χ1v) is 17.5. The molecule has 9 rings (SSSR count). The van der Waals surface area contributed by atoms with Crippen molar-refractivity contribution in [3.8, 4) is 22.3 Å². The number of anilines is 2. The molecule has 0 N–H and O–H groups in total. The van der Waals surface area contributed by atoms with Crippen LogP contribution in [0.3, 0.4) is 0 Å². The monoisotopic (exact) mass is 609 g/mol. The zero-order valence-corrected chi connectivity index (χ0v) is 28.3. The second-order valence-electron chi connectivity index (χ2n) is 15.7. The lowest BCUT2D eigenvalue weighted by molar-refractivity contribution is 0.195. The van der Waals surface area contributed by atoms with Gasteiger partial charge >= 0.3 is 0 Å². The first-order valence-electron chi connectivity index (χ1n) is 17.5. The Morgan fingerprint density at radius 1 is 0.574 bits per heavy atom. The molecule has 2 unspecified atom stereocenters. The van der Waals surface area contributed by atoms with Crippen molar-refractivity contribution >= 4 is 43.7 Å². The highest BCUT2D eigenvalue weighted by molar-refractivity contribution is 6.27. The molecular weight excluding hydrogens is 567 g/mol. The second kappa shape index (κ2) is 9.94. The number of rotatable bonds is 3. The highest BCUT2D eigenvalue weighted by Gasteiger charge is 2.57. The van der Waals surface area contributed by atoms with E-state index in [0.717, 1.165) is 0 Å². The van der Waals surface area contributed by atoms with Crippen molar-refractivity contribution in [1.29, 1.82) is 0 Å². The average Bonchev–Trinajstić information content (AvgIpc) is 3.29. The molecule has 1 aliphatic carbocycles. The fourth-order valence-corrected chi connectivity index (χ4v) is 9.34. The third kappa shape index (κ3) is 4.02. The van der Waals surface area contributed by atoms with Gasteiger partial charge in [0.2, 0.25) is 0 Å². The summed E-state index contributed by atoms with van der Waals surface area (Å²) in [5.74, 6) is 0. The molecule has 0 amide bonds. The first kappa shape index (κ1) is 28.6. The van der Waals surface area contributed by atoms with Crippen molar-refractivity contribution in [2.75, 3.05) is 4.90 Å². The van der Waals surface area contributed by atoms with Gasteiger partial charge in [-0.15, -0.1) is 0 Å². The molecule has 7 aromatic rings. The third-order valence-corrected chi connectivity index (χ3v) is 12.2. The van der Waals surface area contributed by atoms with Crippen molar-refractivity contribution in [2.24, 2.45) is 0 Å². The number of nitrogens with zero attached hydrogens (tertiary/aromatic N) is 1. The van der Waals surface area contributed by atoms with Gasteiger partial charge in [0.1, 0.15) is 0 Å². The zero-order chi connectivity index (χ0) is 32.1. The summed E-state index contributed by atoms with van der Waals surface area (Å²) < 4.78 is 0. The van der Waals surface area contributed by atoms with Crippen LogP contribution in [0, 0.1) is 0 Å². The van der Waals surface area contributed by atoms with E-state index in [4.69, 9.17) is 0 Å². The predicted molar refractivity (Wildman–Crippen MR) is 203 cm³/mol. The van der Waals surface area contributed by atoms with E-state index >= 15 is 0 Å². The molecule has 1 heterocycles. The molecule has 2 atom stereocenters. The maximum absolute atomic E-state index is 2.70. The molecule has 232 valence electrons. The quantitative estimate of drug-likeness (QED) is 0.180. The Kier molecular flexibility index (Phi) is 6.05. The Morgan fingerprint density at radius 3 is 1.81 bits per heavy atom. The molecule has 0 saturated heterocycles. The Balaban J connectivity index is 1.23. The summed E-state index contributed by atoms with van der Waals surface area (Å²) in [5, 5.41) is 8.05. The van der Waals surface area contributed by atoms with E-state index in [-0.39, 0.29) is 16.4 Å². The Hall–Kier alpha value is -4.62. The van der Waals surface area contributed by atoms with E-state index in [0.29, 0.717) is 0 Å². The number of hydrogen-bond donors (Lipinski definition) is 0. The Labute approximate surface area is 279 Å². The maximum Gasteiger partial charge on any atom is 0.0517 e. The summed E-state index contributed by atoms with van der Waals surface area (Å²) >= 11 is 0. The molecule has 7 aromatic carbocycles. The zero-order valence-electron chi connectivity index (χ0n) is 28.3. The third-order valence-electron chi connectivity index (χ3n) is 12.2. The van der Waals surface area contributed by atoms with Crippen LogP contribution >= 0.6 is 0 Å². The van der Waals surface area contributed by atoms with Gasteiger partial charge < -0.3 is 4.90 Å². The van der Waals surface area contributed by atoms with Crippen LogP contribution in [0.1, 0.15) is 71.4 Å². The molecule has 47 heavy (non-hydrogen) atoms. The van der Waals surface area contributed by atoms with Gasteiger partial charge in [-0.2, -0.15) is 0 Å². The van der Waals surface area contributed by atoms with E-state index in [1.165, 1.54) is 103 Å². The minimum atomic E-state index is 0.0337. The van der Waals surface area contributed by atoms with Gasteiger partial charge in [-0.05, 0) is 115 Å². The minimum Gasteiger partial charge on any atom is -0.334 e. The van der Waals surface area contributed by atoms with Crippen molar-refractivity contribution in [2.45, 2.75) is 76.7 Å². The standard InChI is InChI=1S/C46H43N/c1-44(2,3)34-18-20-35(21-19-34)47-41-26-17-33(29-40(41)45(4)27-9-10-28-46(45,47)5)37-23-14-32-15-24-38-36(30-11-7-6-8-12-30)22-13-31-16-25-39(37)43(32)42(31)38/h6-8,11-26,29H,9-10,27-28H2,1-5H3. The minimum absolute atomic E-state index is 0.0337. The van der Waals surface area contributed by atoms with Gasteiger partial charge in [-0.25, -0.2) is 0 Å². The van der Waals surface area contributed by atoms with E-state index in [1.807, 2.05) is 0 Å². The summed E-state index contributed by atoms with van der Waals surface area (Å²) in [4.78, 5) is 2.70. The van der Waals surface area contributed by atoms with Crippen LogP contribution in [0.25, 0.3) is 54.6 Å². The lowest BCUT2D eigenvalue weighted by atomic mass is 9.61. The van der Waals surface area contributed by atoms with Crippen molar-refractivity contribution < 1.29 is 0 Å². The SMILES string of the molecule is CC(C)(C)c1ccc(N2c3ccc(-c4ccc5ccc6c(-c7ccccc7)ccc7ccc4c5c76)cc3C3(C)CCCCC23C)cc1. The number of fused-ring (bicyclic) bond motifs is 3. The predicted octanol–water partition coefficient (Wildman–Crippen LogP) is 13.0. The van der Waals surface area contributed by atoms with Crippen molar-refractivity contribution in [3.63, 3.8) is 0 Å². The van der Waals surface area contributed by atoms with Crippen LogP contribution in [0.4, 0.5) is 11.4 Å². The highest BCUT2D eigenvalue weighted by Crippen LogP contribution is 2.61. The maximum atomic E-state index is 2.70. The molecule has 1 aliphatic heterocycles. The first-order chi connectivity index (χ1) is 22.7. The fraction of sp³-hybridized carbons (Fsp3) is 0.261. The summed E-state index contributed by atoms with van der Waals surface area (Å²) in [6.07, 6.45) is 4.99. The molecule has 0 spiro atoms. The fourth-order valence-electron chi connectivity index (χ4n) is 9.34. The topological polar surface area (TPSA) is 3.24 Å². The molecular formula is C46H43N. The molecule has 2 aliphatic rings. The van der Waals surface area contributed by atoms with Gasteiger partial charge in [0.15, 0.2) is 0 Å². The molecule has 1 saturated carbocycles. The van der Waals surface area contributed by atoms with Gasteiger partial charge in [0.05, 0.1) is 5.54 Å². The highest BCUT2D eigenvalue weighted by atomic mass is 15.3. The number of benzene rings is 7. The van der Waals surface area contributed by atoms with Crippen LogP contribution in [0.5, 0.6) is 0 Å². The lowest BCUT2D eigenvalue weighted by Crippen LogP contribution is -2.54. The van der Waals surface area contributed by atoms with Gasteiger partial charge in [0, 0.05) is 16.8 Å². The molecule has 0 bridgehead atoms. The van der Waals surface area contributed by atoms with Gasteiger partial charge in [-0.1, -0.05) is 138 Å². The van der Waals surface area contributed by atoms with Gasteiger partial charge in [-0.3, -0.25) is 0 Å². The van der Waals surface area contributed by atoms with E-state index < -0.39 is 0 Å². The molecule has 0 radical (unpaired) electrons. The smallest absolute Gasteiger partial charge is 0.0517 e. The van der Waals surface area contributed by atoms with E-state index in [9.17, 15) is 0 Å². The summed E-state index contributed by atoms with van der Waals surface area (Å²) in [7, 11) is 0. The van der Waals surface area contributed by atoms with Crippen molar-refractivity contribution in [1.82, 2.24) is 0 Å². The second-order valence-corrected chi connectivity index (χ2v) is 15.7. The summed E-state index contributed by atoms with van der Waals surface area (Å²) in [6.45, 7) is 12.0. The Bertz CT molecular complexity index is 2310. The molecule has 1 nitrogen and oxygen atoms in total. The molecule has 0 aromatic heterocycles. The van der Waals surface area contributed by atoms with Gasteiger partial charge in [0.25, 0.3) is 0 Å². The Morgan fingerprint density at radius 2 is 1.17 bits per heavy atom. The van der Waals surface area contributed by atoms with Crippen LogP contribution in [0.2, 0.25) is 0 Å². The average molecular weight is 610 g/mol. The normalized spacial score (nSPS) is 21.1. The van der Waals surface area contributed by atoms with Crippen LogP contribution in [-0.2, 0) is 10.8 Å². The summed E-state index contributed by atoms with van der Waals surface area (Å²) in [6, 6.07) is 46.3. The van der Waals surface area contributed by atoms with E-state index in [2.05, 4.69) is 161 Å². The largest absolute Gasteiger partial charge is 0.334 e. The van der Waals surface area contributed by atoms with Crippen LogP contribution < -0.4 is 4.90 Å². The van der Waals surface area contributed by atoms with Crippen LogP contribution in [0.15, 0.2) is 121 Å².